The van der Waals surface area contributed by atoms with E-state index < -0.39 is 8.32 Å². The number of Topliss-reactive ketones (excluding diaryl/α,β-unsaturated/α-hetero) is 1. The predicted molar refractivity (Wildman–Crippen MR) is 112 cm³/mol. The fraction of sp³-hybridized carbons (Fsp3) is 0.409. The maximum atomic E-state index is 12.6. The summed E-state index contributed by atoms with van der Waals surface area (Å²) in [7, 11) is 1.28. The van der Waals surface area contributed by atoms with Crippen LogP contribution in [0.15, 0.2) is 42.5 Å². The highest BCUT2D eigenvalue weighted by atomic mass is 28.4. The van der Waals surface area contributed by atoms with Crippen molar-refractivity contribution in [1.82, 2.24) is 0 Å². The Labute approximate surface area is 163 Å². The van der Waals surface area contributed by atoms with Crippen molar-refractivity contribution >= 4 is 14.1 Å². The first-order chi connectivity index (χ1) is 12.6. The summed E-state index contributed by atoms with van der Waals surface area (Å²) in [6, 6.07) is 13.1. The van der Waals surface area contributed by atoms with E-state index in [4.69, 9.17) is 13.9 Å². The third-order valence-corrected chi connectivity index (χ3v) is 9.53. The molecule has 0 N–H and O–H groups in total. The minimum atomic E-state index is -1.86. The van der Waals surface area contributed by atoms with Crippen molar-refractivity contribution in [3.05, 3.63) is 53.6 Å². The van der Waals surface area contributed by atoms with Crippen LogP contribution in [0.5, 0.6) is 17.2 Å². The Balaban J connectivity index is 2.09. The number of rotatable bonds is 7. The summed E-state index contributed by atoms with van der Waals surface area (Å²) in [6.07, 6.45) is 0.329. The molecule has 0 fully saturated rings. The summed E-state index contributed by atoms with van der Waals surface area (Å²) in [5.41, 5.74) is 1.56. The van der Waals surface area contributed by atoms with Crippen molar-refractivity contribution in [2.75, 3.05) is 14.2 Å². The van der Waals surface area contributed by atoms with Crippen LogP contribution in [0.4, 0.5) is 0 Å². The number of hydrogen-bond acceptors (Lipinski definition) is 4. The number of carbonyl (C=O) groups excluding carboxylic acids is 1. The SMILES string of the molecule is COc1ccc(C(=O)Cc2ccc(O[Si](C)(C)C(C)(C)C)cc2)cc1OC. The summed E-state index contributed by atoms with van der Waals surface area (Å²) in [6.45, 7) is 11.1. The lowest BCUT2D eigenvalue weighted by Crippen LogP contribution is -2.43. The summed E-state index contributed by atoms with van der Waals surface area (Å²) in [5, 5.41) is 0.148. The molecule has 0 unspecified atom stereocenters. The van der Waals surface area contributed by atoms with Gasteiger partial charge in [-0.05, 0) is 54.0 Å². The van der Waals surface area contributed by atoms with E-state index in [0.717, 1.165) is 11.3 Å². The predicted octanol–water partition coefficient (Wildman–Crippen LogP) is 5.51. The number of methoxy groups -OCH3 is 2. The Morgan fingerprint density at radius 1 is 0.926 bits per heavy atom. The monoisotopic (exact) mass is 386 g/mol. The van der Waals surface area contributed by atoms with Gasteiger partial charge in [0.2, 0.25) is 8.32 Å². The van der Waals surface area contributed by atoms with Crippen LogP contribution in [0, 0.1) is 0 Å². The molecule has 0 aliphatic heterocycles. The van der Waals surface area contributed by atoms with E-state index >= 15 is 0 Å². The van der Waals surface area contributed by atoms with E-state index in [9.17, 15) is 4.79 Å². The van der Waals surface area contributed by atoms with Crippen molar-refractivity contribution < 1.29 is 18.7 Å². The Hall–Kier alpha value is -2.27. The number of benzene rings is 2. The van der Waals surface area contributed by atoms with E-state index in [2.05, 4.69) is 33.9 Å². The summed E-state index contributed by atoms with van der Waals surface area (Å²) >= 11 is 0. The first-order valence-electron chi connectivity index (χ1n) is 9.10. The zero-order chi connectivity index (χ0) is 20.2. The van der Waals surface area contributed by atoms with Crippen molar-refractivity contribution in [1.29, 1.82) is 0 Å². The Kier molecular flexibility index (Phi) is 6.37. The molecule has 5 heteroatoms. The Morgan fingerprint density at radius 2 is 1.52 bits per heavy atom. The maximum absolute atomic E-state index is 12.6. The first kappa shape index (κ1) is 21.0. The van der Waals surface area contributed by atoms with Gasteiger partial charge in [-0.15, -0.1) is 0 Å². The molecule has 4 nitrogen and oxygen atoms in total. The molecule has 0 bridgehead atoms. The second kappa shape index (κ2) is 8.17. The van der Waals surface area contributed by atoms with Crippen LogP contribution in [-0.4, -0.2) is 28.3 Å². The fourth-order valence-electron chi connectivity index (χ4n) is 2.42. The molecule has 0 amide bonds. The van der Waals surface area contributed by atoms with E-state index in [-0.39, 0.29) is 10.8 Å². The minimum absolute atomic E-state index is 0.0361. The Morgan fingerprint density at radius 3 is 2.04 bits per heavy atom. The second-order valence-electron chi connectivity index (χ2n) is 8.18. The fourth-order valence-corrected chi connectivity index (χ4v) is 3.45. The van der Waals surface area contributed by atoms with Crippen LogP contribution in [0.1, 0.15) is 36.7 Å². The molecule has 0 spiro atoms. The molecule has 0 saturated carbocycles. The summed E-state index contributed by atoms with van der Waals surface area (Å²) < 4.78 is 16.8. The molecular formula is C22H30O4Si. The molecule has 146 valence electrons. The number of carbonyl (C=O) groups is 1. The topological polar surface area (TPSA) is 44.8 Å². The molecule has 27 heavy (non-hydrogen) atoms. The molecule has 2 rings (SSSR count). The van der Waals surface area contributed by atoms with Gasteiger partial charge in [-0.25, -0.2) is 0 Å². The largest absolute Gasteiger partial charge is 0.544 e. The molecule has 0 aliphatic rings. The Bertz CT molecular complexity index is 789. The highest BCUT2D eigenvalue weighted by Gasteiger charge is 2.38. The highest BCUT2D eigenvalue weighted by molar-refractivity contribution is 6.74. The highest BCUT2D eigenvalue weighted by Crippen LogP contribution is 2.37. The minimum Gasteiger partial charge on any atom is -0.544 e. The average molecular weight is 387 g/mol. The smallest absolute Gasteiger partial charge is 0.250 e. The van der Waals surface area contributed by atoms with E-state index in [1.54, 1.807) is 32.4 Å². The molecule has 0 aromatic heterocycles. The van der Waals surface area contributed by atoms with Gasteiger partial charge < -0.3 is 13.9 Å². The van der Waals surface area contributed by atoms with Gasteiger partial charge in [0.25, 0.3) is 0 Å². The third-order valence-electron chi connectivity index (χ3n) is 5.17. The molecular weight excluding hydrogens is 356 g/mol. The number of ether oxygens (including phenoxy) is 2. The molecule has 0 radical (unpaired) electrons. The van der Waals surface area contributed by atoms with Crippen LogP contribution < -0.4 is 13.9 Å². The standard InChI is InChI=1S/C22H30O4Si/c1-22(2,3)27(6,7)26-18-11-8-16(9-12-18)14-19(23)17-10-13-20(24-4)21(15-17)25-5/h8-13,15H,14H2,1-7H3. The van der Waals surface area contributed by atoms with Crippen LogP contribution in [0.2, 0.25) is 18.1 Å². The van der Waals surface area contributed by atoms with Gasteiger partial charge in [0.15, 0.2) is 17.3 Å². The number of hydrogen-bond donors (Lipinski definition) is 0. The van der Waals surface area contributed by atoms with Gasteiger partial charge in [-0.2, -0.15) is 0 Å². The van der Waals surface area contributed by atoms with E-state index in [0.29, 0.717) is 23.5 Å². The normalized spacial score (nSPS) is 11.8. The van der Waals surface area contributed by atoms with Gasteiger partial charge in [-0.1, -0.05) is 32.9 Å². The molecule has 2 aromatic carbocycles. The summed E-state index contributed by atoms with van der Waals surface area (Å²) in [4.78, 5) is 12.6. The van der Waals surface area contributed by atoms with Gasteiger partial charge >= 0.3 is 0 Å². The first-order valence-corrected chi connectivity index (χ1v) is 12.0. The molecule has 2 aromatic rings. The van der Waals surface area contributed by atoms with Crippen LogP contribution in [0.3, 0.4) is 0 Å². The van der Waals surface area contributed by atoms with E-state index in [1.807, 2.05) is 24.3 Å². The zero-order valence-electron chi connectivity index (χ0n) is 17.4. The van der Waals surface area contributed by atoms with Crippen molar-refractivity contribution in [2.24, 2.45) is 0 Å². The van der Waals surface area contributed by atoms with Crippen molar-refractivity contribution in [3.8, 4) is 17.2 Å². The van der Waals surface area contributed by atoms with Crippen LogP contribution in [-0.2, 0) is 6.42 Å². The van der Waals surface area contributed by atoms with Crippen molar-refractivity contribution in [3.63, 3.8) is 0 Å². The lowest BCUT2D eigenvalue weighted by molar-refractivity contribution is 0.0992. The zero-order valence-corrected chi connectivity index (χ0v) is 18.4. The lowest BCUT2D eigenvalue weighted by Gasteiger charge is -2.36. The average Bonchev–Trinajstić information content (AvgIpc) is 2.61. The van der Waals surface area contributed by atoms with Gasteiger partial charge in [-0.3, -0.25) is 4.79 Å². The molecule has 0 saturated heterocycles. The van der Waals surface area contributed by atoms with Crippen LogP contribution >= 0.6 is 0 Å². The second-order valence-corrected chi connectivity index (χ2v) is 12.9. The van der Waals surface area contributed by atoms with Gasteiger partial charge in [0, 0.05) is 12.0 Å². The molecule has 0 aliphatic carbocycles. The molecule has 0 atom stereocenters. The van der Waals surface area contributed by atoms with E-state index in [1.165, 1.54) is 0 Å². The van der Waals surface area contributed by atoms with Gasteiger partial charge in [0.1, 0.15) is 5.75 Å². The maximum Gasteiger partial charge on any atom is 0.250 e. The van der Waals surface area contributed by atoms with Gasteiger partial charge in [0.05, 0.1) is 14.2 Å². The van der Waals surface area contributed by atoms with Crippen LogP contribution in [0.25, 0.3) is 0 Å². The quantitative estimate of drug-likeness (QED) is 0.465. The molecule has 0 heterocycles. The third kappa shape index (κ3) is 5.13. The number of ketones is 1. The summed E-state index contributed by atoms with van der Waals surface area (Å²) in [5.74, 6) is 2.07. The lowest BCUT2D eigenvalue weighted by atomic mass is 10.0. The van der Waals surface area contributed by atoms with Crippen molar-refractivity contribution in [2.45, 2.75) is 45.3 Å².